The second-order valence-electron chi connectivity index (χ2n) is 7.76. The summed E-state index contributed by atoms with van der Waals surface area (Å²) < 4.78 is 11.7. The number of carbonyl (C=O) groups is 2. The zero-order valence-electron chi connectivity index (χ0n) is 16.1. The third-order valence-electron chi connectivity index (χ3n) is 3.47. The van der Waals surface area contributed by atoms with Crippen LogP contribution in [0.4, 0.5) is 0 Å². The van der Waals surface area contributed by atoms with E-state index in [4.69, 9.17) is 9.47 Å². The molecule has 0 atom stereocenters. The van der Waals surface area contributed by atoms with Gasteiger partial charge < -0.3 is 9.47 Å². The van der Waals surface area contributed by atoms with Crippen molar-refractivity contribution in [2.75, 3.05) is 13.2 Å². The van der Waals surface area contributed by atoms with Gasteiger partial charge >= 0.3 is 11.9 Å². The Labute approximate surface area is 145 Å². The van der Waals surface area contributed by atoms with Crippen LogP contribution in [0, 0.1) is 0 Å². The number of carbonyl (C=O) groups excluding carboxylic acids is 2. The molecule has 0 fully saturated rings. The molecule has 0 bridgehead atoms. The topological polar surface area (TPSA) is 70.4 Å². The smallest absolute Gasteiger partial charge is 0.356 e. The summed E-state index contributed by atoms with van der Waals surface area (Å²) in [4.78, 5) is 24.5. The molecule has 0 N–H and O–H groups in total. The van der Waals surface area contributed by atoms with Gasteiger partial charge in [0.25, 0.3) is 0 Å². The molecular formula is C17H30N2O4Si. The summed E-state index contributed by atoms with van der Waals surface area (Å²) in [5.41, 5.74) is 1.01. The van der Waals surface area contributed by atoms with Crippen LogP contribution >= 0.6 is 0 Å². The van der Waals surface area contributed by atoms with Crippen LogP contribution in [-0.2, 0) is 26.2 Å². The van der Waals surface area contributed by atoms with Crippen LogP contribution in [0.2, 0.25) is 19.6 Å². The molecule has 1 aromatic heterocycles. The maximum atomic E-state index is 12.6. The Bertz CT molecular complexity index is 609. The van der Waals surface area contributed by atoms with Crippen molar-refractivity contribution in [2.45, 2.75) is 66.2 Å². The lowest BCUT2D eigenvalue weighted by Crippen LogP contribution is -2.45. The predicted molar refractivity (Wildman–Crippen MR) is 96.5 cm³/mol. The zero-order valence-corrected chi connectivity index (χ0v) is 17.1. The minimum atomic E-state index is -1.91. The van der Waals surface area contributed by atoms with Gasteiger partial charge in [-0.15, -0.1) is 0 Å². The molecule has 0 unspecified atom stereocenters. The van der Waals surface area contributed by atoms with Crippen LogP contribution in [0.25, 0.3) is 0 Å². The lowest BCUT2D eigenvalue weighted by atomic mass is 9.92. The first-order chi connectivity index (χ1) is 10.9. The number of ether oxygens (including phenoxy) is 2. The molecule has 24 heavy (non-hydrogen) atoms. The third-order valence-corrected chi connectivity index (χ3v) is 5.44. The summed E-state index contributed by atoms with van der Waals surface area (Å²) in [6, 6.07) is 0. The van der Waals surface area contributed by atoms with Gasteiger partial charge in [-0.2, -0.15) is 5.10 Å². The Kier molecular flexibility index (Phi) is 6.38. The highest BCUT2D eigenvalue weighted by molar-refractivity contribution is 6.89. The molecule has 0 aliphatic carbocycles. The van der Waals surface area contributed by atoms with Crippen LogP contribution in [0.15, 0.2) is 0 Å². The fourth-order valence-corrected chi connectivity index (χ4v) is 4.62. The Balaban J connectivity index is 3.60. The molecule has 0 spiro atoms. The van der Waals surface area contributed by atoms with E-state index >= 15 is 0 Å². The minimum Gasteiger partial charge on any atom is -0.465 e. The first-order valence-electron chi connectivity index (χ1n) is 8.38. The maximum absolute atomic E-state index is 12.6. The molecule has 0 radical (unpaired) electrons. The van der Waals surface area contributed by atoms with Crippen molar-refractivity contribution in [3.8, 4) is 0 Å². The Morgan fingerprint density at radius 3 is 2.04 bits per heavy atom. The van der Waals surface area contributed by atoms with E-state index in [-0.39, 0.29) is 18.6 Å². The van der Waals surface area contributed by atoms with Gasteiger partial charge in [-0.1, -0.05) is 40.4 Å². The standard InChI is InChI=1S/C17H30N2O4Si/c1-9-22-12(20)11-19-13(16(21)23-10-2)14(24(6,7)8)15(18-19)17(3,4)5/h9-11H2,1-8H3. The second kappa shape index (κ2) is 7.50. The minimum absolute atomic E-state index is 0.0878. The summed E-state index contributed by atoms with van der Waals surface area (Å²) in [7, 11) is -1.91. The van der Waals surface area contributed by atoms with Crippen molar-refractivity contribution in [2.24, 2.45) is 0 Å². The lowest BCUT2D eigenvalue weighted by Gasteiger charge is -2.24. The van der Waals surface area contributed by atoms with Gasteiger partial charge in [0.05, 0.1) is 27.0 Å². The fraction of sp³-hybridized carbons (Fsp3) is 0.706. The van der Waals surface area contributed by atoms with Crippen LogP contribution in [0.5, 0.6) is 0 Å². The van der Waals surface area contributed by atoms with Crippen LogP contribution in [0.3, 0.4) is 0 Å². The van der Waals surface area contributed by atoms with Gasteiger partial charge in [0.15, 0.2) is 0 Å². The van der Waals surface area contributed by atoms with Gasteiger partial charge in [-0.05, 0) is 19.0 Å². The quantitative estimate of drug-likeness (QED) is 0.580. The molecule has 0 amide bonds. The van der Waals surface area contributed by atoms with Crippen molar-refractivity contribution in [3.63, 3.8) is 0 Å². The highest BCUT2D eigenvalue weighted by Crippen LogP contribution is 2.24. The van der Waals surface area contributed by atoms with Gasteiger partial charge in [0.1, 0.15) is 12.2 Å². The van der Waals surface area contributed by atoms with E-state index in [1.54, 1.807) is 13.8 Å². The molecule has 7 heteroatoms. The largest absolute Gasteiger partial charge is 0.465 e. The van der Waals surface area contributed by atoms with E-state index < -0.39 is 20.0 Å². The normalized spacial score (nSPS) is 12.2. The molecule has 6 nitrogen and oxygen atoms in total. The highest BCUT2D eigenvalue weighted by atomic mass is 28.3. The van der Waals surface area contributed by atoms with Crippen LogP contribution in [-0.4, -0.2) is 43.0 Å². The first kappa shape index (κ1) is 20.4. The van der Waals surface area contributed by atoms with E-state index in [2.05, 4.69) is 45.5 Å². The molecule has 0 saturated heterocycles. The summed E-state index contributed by atoms with van der Waals surface area (Å²) in [5, 5.41) is 5.58. The fourth-order valence-electron chi connectivity index (χ4n) is 2.55. The zero-order chi connectivity index (χ0) is 18.7. The van der Waals surface area contributed by atoms with Crippen molar-refractivity contribution >= 4 is 25.2 Å². The van der Waals surface area contributed by atoms with Crippen LogP contribution in [0.1, 0.15) is 50.8 Å². The molecule has 0 aromatic carbocycles. The number of hydrogen-bond acceptors (Lipinski definition) is 5. The molecule has 0 aliphatic heterocycles. The van der Waals surface area contributed by atoms with Gasteiger partial charge in [-0.25, -0.2) is 9.48 Å². The molecule has 136 valence electrons. The number of rotatable bonds is 6. The first-order valence-corrected chi connectivity index (χ1v) is 11.9. The van der Waals surface area contributed by atoms with Crippen molar-refractivity contribution in [1.82, 2.24) is 9.78 Å². The lowest BCUT2D eigenvalue weighted by molar-refractivity contribution is -0.144. The third kappa shape index (κ3) is 4.69. The van der Waals surface area contributed by atoms with E-state index in [1.807, 2.05) is 0 Å². The summed E-state index contributed by atoms with van der Waals surface area (Å²) in [6.45, 7) is 16.7. The van der Waals surface area contributed by atoms with Gasteiger partial charge in [-0.3, -0.25) is 4.79 Å². The molecule has 1 heterocycles. The van der Waals surface area contributed by atoms with Crippen molar-refractivity contribution < 1.29 is 19.1 Å². The van der Waals surface area contributed by atoms with Gasteiger partial charge in [0, 0.05) is 5.41 Å². The molecule has 0 aliphatic rings. The van der Waals surface area contributed by atoms with E-state index in [0.717, 1.165) is 10.9 Å². The summed E-state index contributed by atoms with van der Waals surface area (Å²) >= 11 is 0. The number of esters is 2. The number of nitrogens with zero attached hydrogens (tertiary/aromatic N) is 2. The van der Waals surface area contributed by atoms with Crippen molar-refractivity contribution in [3.05, 3.63) is 11.4 Å². The maximum Gasteiger partial charge on any atom is 0.356 e. The Morgan fingerprint density at radius 2 is 1.62 bits per heavy atom. The Morgan fingerprint density at radius 1 is 1.08 bits per heavy atom. The average Bonchev–Trinajstić information content (AvgIpc) is 2.78. The SMILES string of the molecule is CCOC(=O)Cn1nc(C(C)(C)C)c([Si](C)(C)C)c1C(=O)OCC. The Hall–Kier alpha value is -1.63. The van der Waals surface area contributed by atoms with E-state index in [0.29, 0.717) is 12.3 Å². The van der Waals surface area contributed by atoms with E-state index in [9.17, 15) is 9.59 Å². The molecule has 1 aromatic rings. The predicted octanol–water partition coefficient (Wildman–Crippen LogP) is 2.47. The monoisotopic (exact) mass is 354 g/mol. The van der Waals surface area contributed by atoms with Crippen molar-refractivity contribution in [1.29, 1.82) is 0 Å². The van der Waals surface area contributed by atoms with Crippen LogP contribution < -0.4 is 5.19 Å². The average molecular weight is 355 g/mol. The highest BCUT2D eigenvalue weighted by Gasteiger charge is 2.37. The van der Waals surface area contributed by atoms with E-state index in [1.165, 1.54) is 4.68 Å². The molecular weight excluding hydrogens is 324 g/mol. The summed E-state index contributed by atoms with van der Waals surface area (Å²) in [6.07, 6.45) is 0. The van der Waals surface area contributed by atoms with Gasteiger partial charge in [0.2, 0.25) is 0 Å². The number of aromatic nitrogens is 2. The molecule has 1 rings (SSSR count). The number of hydrogen-bond donors (Lipinski definition) is 0. The second-order valence-corrected chi connectivity index (χ2v) is 12.8. The molecule has 0 saturated carbocycles. The summed E-state index contributed by atoms with van der Waals surface area (Å²) in [5.74, 6) is -0.838.